The molecule has 1 heterocycles. The maximum Gasteiger partial charge on any atom is 0.409 e. The number of nitrogens with zero attached hydrogens (tertiary/aromatic N) is 2. The predicted octanol–water partition coefficient (Wildman–Crippen LogP) is 2.09. The largest absolute Gasteiger partial charge is 0.450 e. The lowest BCUT2D eigenvalue weighted by Gasteiger charge is -2.41. The fourth-order valence-corrected chi connectivity index (χ4v) is 3.94. The molecule has 3 rings (SSSR count). The van der Waals surface area contributed by atoms with Crippen molar-refractivity contribution in [1.82, 2.24) is 10.2 Å². The van der Waals surface area contributed by atoms with Crippen LogP contribution in [0.15, 0.2) is 4.99 Å². The van der Waals surface area contributed by atoms with Gasteiger partial charge >= 0.3 is 6.09 Å². The van der Waals surface area contributed by atoms with Gasteiger partial charge in [-0.05, 0) is 56.8 Å². The Kier molecular flexibility index (Phi) is 4.97. The van der Waals surface area contributed by atoms with Crippen molar-refractivity contribution in [2.45, 2.75) is 57.9 Å². The van der Waals surface area contributed by atoms with E-state index in [0.29, 0.717) is 24.0 Å². The minimum absolute atomic E-state index is 0.205. The molecule has 0 aromatic carbocycles. The quantitative estimate of drug-likeness (QED) is 0.600. The van der Waals surface area contributed by atoms with Gasteiger partial charge in [0, 0.05) is 25.7 Å². The molecule has 0 radical (unpaired) electrons. The highest BCUT2D eigenvalue weighted by Crippen LogP contribution is 2.57. The van der Waals surface area contributed by atoms with Gasteiger partial charge in [0.25, 0.3) is 0 Å². The molecule has 3 N–H and O–H groups in total. The van der Waals surface area contributed by atoms with Gasteiger partial charge < -0.3 is 20.7 Å². The third kappa shape index (κ3) is 3.90. The molecule has 0 aromatic rings. The topological polar surface area (TPSA) is 80.0 Å². The molecule has 3 aliphatic rings. The molecule has 6 heteroatoms. The Balaban J connectivity index is 1.41. The van der Waals surface area contributed by atoms with E-state index in [-0.39, 0.29) is 6.09 Å². The molecule has 0 aromatic heterocycles. The molecular weight excluding hydrogens is 292 g/mol. The van der Waals surface area contributed by atoms with Gasteiger partial charge in [-0.25, -0.2) is 4.79 Å². The summed E-state index contributed by atoms with van der Waals surface area (Å²) < 4.78 is 5.04. The molecule has 0 unspecified atom stereocenters. The monoisotopic (exact) mass is 322 g/mol. The summed E-state index contributed by atoms with van der Waals surface area (Å²) in [5, 5.41) is 3.34. The SMILES string of the molecule is CCOC(=O)N1CCC(NC(N)=NCC2(C3CC3)CCC2)CC1. The van der Waals surface area contributed by atoms with Crippen LogP contribution in [0.2, 0.25) is 0 Å². The van der Waals surface area contributed by atoms with Crippen molar-refractivity contribution >= 4 is 12.1 Å². The summed E-state index contributed by atoms with van der Waals surface area (Å²) in [5.41, 5.74) is 6.56. The standard InChI is InChI=1S/C17H30N4O2/c1-2-23-16(22)21-10-6-14(7-11-21)20-15(18)19-12-17(8-3-9-17)13-4-5-13/h13-14H,2-12H2,1H3,(H3,18,19,20). The van der Waals surface area contributed by atoms with E-state index in [0.717, 1.165) is 38.4 Å². The average Bonchev–Trinajstić information content (AvgIpc) is 3.32. The zero-order valence-corrected chi connectivity index (χ0v) is 14.2. The number of amides is 1. The lowest BCUT2D eigenvalue weighted by molar-refractivity contribution is 0.0962. The van der Waals surface area contributed by atoms with E-state index >= 15 is 0 Å². The maximum absolute atomic E-state index is 11.7. The molecule has 2 aliphatic carbocycles. The van der Waals surface area contributed by atoms with Crippen LogP contribution in [0.25, 0.3) is 0 Å². The number of hydrogen-bond acceptors (Lipinski definition) is 3. The fourth-order valence-electron chi connectivity index (χ4n) is 3.94. The number of carbonyl (C=O) groups is 1. The number of guanidine groups is 1. The van der Waals surface area contributed by atoms with E-state index in [2.05, 4.69) is 10.3 Å². The van der Waals surface area contributed by atoms with E-state index in [1.165, 1.54) is 32.1 Å². The third-order valence-electron chi connectivity index (χ3n) is 5.73. The summed E-state index contributed by atoms with van der Waals surface area (Å²) in [6.07, 6.45) is 8.35. The molecule has 2 saturated carbocycles. The van der Waals surface area contributed by atoms with Gasteiger partial charge in [-0.2, -0.15) is 0 Å². The highest BCUT2D eigenvalue weighted by atomic mass is 16.6. The van der Waals surface area contributed by atoms with Crippen LogP contribution in [0.3, 0.4) is 0 Å². The molecule has 0 bridgehead atoms. The van der Waals surface area contributed by atoms with E-state index in [1.807, 2.05) is 6.92 Å². The first kappa shape index (κ1) is 16.4. The van der Waals surface area contributed by atoms with Crippen molar-refractivity contribution in [3.8, 4) is 0 Å². The summed E-state index contributed by atoms with van der Waals surface area (Å²) in [6.45, 7) is 4.59. The van der Waals surface area contributed by atoms with Gasteiger partial charge in [0.2, 0.25) is 0 Å². The first-order valence-electron chi connectivity index (χ1n) is 9.11. The first-order chi connectivity index (χ1) is 11.1. The van der Waals surface area contributed by atoms with Gasteiger partial charge in [0.05, 0.1) is 6.61 Å². The molecule has 1 amide bonds. The van der Waals surface area contributed by atoms with Crippen LogP contribution in [-0.2, 0) is 4.74 Å². The number of rotatable bonds is 5. The molecule has 0 atom stereocenters. The zero-order valence-electron chi connectivity index (χ0n) is 14.2. The van der Waals surface area contributed by atoms with Crippen LogP contribution in [0.5, 0.6) is 0 Å². The molecule has 1 aliphatic heterocycles. The molecule has 23 heavy (non-hydrogen) atoms. The van der Waals surface area contributed by atoms with Crippen LogP contribution in [0.4, 0.5) is 4.79 Å². The minimum Gasteiger partial charge on any atom is -0.450 e. The van der Waals surface area contributed by atoms with Crippen LogP contribution >= 0.6 is 0 Å². The fraction of sp³-hybridized carbons (Fsp3) is 0.882. The number of likely N-dealkylation sites (tertiary alicyclic amines) is 1. The van der Waals surface area contributed by atoms with Gasteiger partial charge in [0.15, 0.2) is 5.96 Å². The smallest absolute Gasteiger partial charge is 0.409 e. The maximum atomic E-state index is 11.7. The lowest BCUT2D eigenvalue weighted by Crippen LogP contribution is -2.49. The Morgan fingerprint density at radius 1 is 1.30 bits per heavy atom. The van der Waals surface area contributed by atoms with Crippen LogP contribution < -0.4 is 11.1 Å². The van der Waals surface area contributed by atoms with Gasteiger partial charge in [-0.15, -0.1) is 0 Å². The second-order valence-electron chi connectivity index (χ2n) is 7.30. The Morgan fingerprint density at radius 2 is 2.00 bits per heavy atom. The number of carbonyl (C=O) groups excluding carboxylic acids is 1. The van der Waals surface area contributed by atoms with Crippen molar-refractivity contribution in [2.24, 2.45) is 22.1 Å². The molecule has 3 fully saturated rings. The summed E-state index contributed by atoms with van der Waals surface area (Å²) in [6, 6.07) is 0.308. The molecule has 1 saturated heterocycles. The molecular formula is C17H30N4O2. The summed E-state index contributed by atoms with van der Waals surface area (Å²) >= 11 is 0. The van der Waals surface area contributed by atoms with Crippen molar-refractivity contribution in [3.05, 3.63) is 0 Å². The zero-order chi connectivity index (χ0) is 16.3. The highest BCUT2D eigenvalue weighted by molar-refractivity contribution is 5.78. The number of aliphatic imine (C=N–C) groups is 1. The van der Waals surface area contributed by atoms with Gasteiger partial charge in [0.1, 0.15) is 0 Å². The summed E-state index contributed by atoms with van der Waals surface area (Å²) in [5.74, 6) is 1.48. The second kappa shape index (κ2) is 6.97. The van der Waals surface area contributed by atoms with Crippen LogP contribution in [0.1, 0.15) is 51.9 Å². The van der Waals surface area contributed by atoms with E-state index in [1.54, 1.807) is 4.90 Å². The Hall–Kier alpha value is -1.46. The van der Waals surface area contributed by atoms with Crippen LogP contribution in [0, 0.1) is 11.3 Å². The molecule has 130 valence electrons. The lowest BCUT2D eigenvalue weighted by atomic mass is 9.65. The summed E-state index contributed by atoms with van der Waals surface area (Å²) in [7, 11) is 0. The van der Waals surface area contributed by atoms with E-state index < -0.39 is 0 Å². The van der Waals surface area contributed by atoms with Crippen molar-refractivity contribution in [3.63, 3.8) is 0 Å². The number of nitrogens with one attached hydrogen (secondary N) is 1. The van der Waals surface area contributed by atoms with Crippen molar-refractivity contribution in [2.75, 3.05) is 26.2 Å². The normalized spacial score (nSPS) is 24.9. The number of hydrogen-bond donors (Lipinski definition) is 2. The highest BCUT2D eigenvalue weighted by Gasteiger charge is 2.48. The van der Waals surface area contributed by atoms with Crippen LogP contribution in [-0.4, -0.2) is 49.2 Å². The number of ether oxygens (including phenoxy) is 1. The average molecular weight is 322 g/mol. The second-order valence-corrected chi connectivity index (χ2v) is 7.30. The Bertz CT molecular complexity index is 450. The van der Waals surface area contributed by atoms with E-state index in [4.69, 9.17) is 10.5 Å². The minimum atomic E-state index is -0.205. The molecule has 0 spiro atoms. The summed E-state index contributed by atoms with van der Waals surface area (Å²) in [4.78, 5) is 18.1. The number of piperidine rings is 1. The molecule has 6 nitrogen and oxygen atoms in total. The van der Waals surface area contributed by atoms with Gasteiger partial charge in [-0.1, -0.05) is 6.42 Å². The van der Waals surface area contributed by atoms with Crippen molar-refractivity contribution in [1.29, 1.82) is 0 Å². The third-order valence-corrected chi connectivity index (χ3v) is 5.73. The Labute approximate surface area is 138 Å². The first-order valence-corrected chi connectivity index (χ1v) is 9.11. The predicted molar refractivity (Wildman–Crippen MR) is 90.3 cm³/mol. The van der Waals surface area contributed by atoms with Gasteiger partial charge in [-0.3, -0.25) is 4.99 Å². The van der Waals surface area contributed by atoms with Crippen molar-refractivity contribution < 1.29 is 9.53 Å². The number of nitrogens with two attached hydrogens (primary N) is 1. The van der Waals surface area contributed by atoms with E-state index in [9.17, 15) is 4.79 Å². The Morgan fingerprint density at radius 3 is 2.52 bits per heavy atom.